The van der Waals surface area contributed by atoms with Gasteiger partial charge in [-0.25, -0.2) is 9.37 Å². The lowest BCUT2D eigenvalue weighted by molar-refractivity contribution is 0.102. The number of anilines is 1. The van der Waals surface area contributed by atoms with Gasteiger partial charge in [0.15, 0.2) is 5.82 Å². The van der Waals surface area contributed by atoms with E-state index in [-0.39, 0.29) is 11.7 Å². The third-order valence-electron chi connectivity index (χ3n) is 4.29. The van der Waals surface area contributed by atoms with Crippen molar-refractivity contribution in [1.82, 2.24) is 19.3 Å². The van der Waals surface area contributed by atoms with Crippen LogP contribution in [-0.2, 0) is 14.1 Å². The van der Waals surface area contributed by atoms with Crippen LogP contribution in [0.25, 0.3) is 22.3 Å². The normalized spacial score (nSPS) is 11.0. The van der Waals surface area contributed by atoms with Gasteiger partial charge in [-0.15, -0.1) is 0 Å². The molecule has 0 aliphatic rings. The molecule has 2 aromatic heterocycles. The van der Waals surface area contributed by atoms with E-state index in [1.807, 2.05) is 17.8 Å². The van der Waals surface area contributed by atoms with E-state index in [1.54, 1.807) is 48.3 Å². The molecule has 0 saturated heterocycles. The second-order valence-corrected chi connectivity index (χ2v) is 5.99. The van der Waals surface area contributed by atoms with Crippen LogP contribution in [0.1, 0.15) is 10.4 Å². The summed E-state index contributed by atoms with van der Waals surface area (Å²) < 4.78 is 17.4. The molecule has 2 aromatic carbocycles. The number of hydrogen-bond donors (Lipinski definition) is 1. The minimum Gasteiger partial charge on any atom is -0.333 e. The first-order chi connectivity index (χ1) is 12.5. The minimum absolute atomic E-state index is 0.324. The van der Waals surface area contributed by atoms with E-state index < -0.39 is 0 Å². The number of hydrogen-bond acceptors (Lipinski definition) is 3. The van der Waals surface area contributed by atoms with Crippen LogP contribution in [0.3, 0.4) is 0 Å². The molecule has 0 bridgehead atoms. The van der Waals surface area contributed by atoms with Gasteiger partial charge >= 0.3 is 0 Å². The van der Waals surface area contributed by atoms with Crippen LogP contribution in [-0.4, -0.2) is 25.2 Å². The van der Waals surface area contributed by atoms with Crippen molar-refractivity contribution in [2.75, 3.05) is 5.32 Å². The topological polar surface area (TPSA) is 64.7 Å². The van der Waals surface area contributed by atoms with E-state index in [0.717, 1.165) is 0 Å². The molecule has 0 aliphatic carbocycles. The summed E-state index contributed by atoms with van der Waals surface area (Å²) in [6, 6.07) is 11.5. The predicted molar refractivity (Wildman–Crippen MR) is 97.3 cm³/mol. The van der Waals surface area contributed by atoms with Crippen LogP contribution in [0, 0.1) is 5.82 Å². The Morgan fingerprint density at radius 2 is 1.88 bits per heavy atom. The number of carbonyl (C=O) groups is 1. The number of aromatic nitrogens is 4. The Hall–Kier alpha value is -3.48. The molecule has 4 rings (SSSR count). The zero-order chi connectivity index (χ0) is 18.3. The smallest absolute Gasteiger partial charge is 0.257 e. The first-order valence-electron chi connectivity index (χ1n) is 8.05. The van der Waals surface area contributed by atoms with E-state index in [0.29, 0.717) is 33.7 Å². The van der Waals surface area contributed by atoms with Crippen molar-refractivity contribution in [2.24, 2.45) is 14.1 Å². The Labute approximate surface area is 148 Å². The summed E-state index contributed by atoms with van der Waals surface area (Å²) in [6.07, 6.45) is 3.51. The molecule has 6 nitrogen and oxygen atoms in total. The minimum atomic E-state index is -0.352. The number of benzene rings is 2. The van der Waals surface area contributed by atoms with Crippen molar-refractivity contribution < 1.29 is 9.18 Å². The molecule has 0 radical (unpaired) electrons. The molecule has 0 fully saturated rings. The summed E-state index contributed by atoms with van der Waals surface area (Å²) in [5.74, 6) is 0.556. The molecule has 1 amide bonds. The van der Waals surface area contributed by atoms with E-state index in [4.69, 9.17) is 0 Å². The van der Waals surface area contributed by atoms with Crippen LogP contribution in [0.5, 0.6) is 0 Å². The molecule has 0 atom stereocenters. The van der Waals surface area contributed by atoms with E-state index in [2.05, 4.69) is 15.4 Å². The lowest BCUT2D eigenvalue weighted by Crippen LogP contribution is -2.15. The molecular weight excluding hydrogens is 333 g/mol. The average molecular weight is 349 g/mol. The second-order valence-electron chi connectivity index (χ2n) is 5.99. The number of amides is 1. The summed E-state index contributed by atoms with van der Waals surface area (Å²) in [5, 5.41) is 8.22. The van der Waals surface area contributed by atoms with Crippen molar-refractivity contribution in [1.29, 1.82) is 0 Å². The van der Waals surface area contributed by atoms with Gasteiger partial charge in [0.25, 0.3) is 5.91 Å². The number of nitrogens with zero attached hydrogens (tertiary/aromatic N) is 4. The summed E-state index contributed by atoms with van der Waals surface area (Å²) in [5.41, 5.74) is 1.06. The van der Waals surface area contributed by atoms with E-state index in [9.17, 15) is 9.18 Å². The predicted octanol–water partition coefficient (Wildman–Crippen LogP) is 3.37. The molecule has 4 aromatic rings. The molecule has 2 heterocycles. The summed E-state index contributed by atoms with van der Waals surface area (Å²) in [4.78, 5) is 17.0. The highest BCUT2D eigenvalue weighted by molar-refractivity contribution is 6.12. The van der Waals surface area contributed by atoms with Crippen molar-refractivity contribution >= 4 is 22.5 Å². The van der Waals surface area contributed by atoms with Crippen molar-refractivity contribution in [3.05, 3.63) is 66.2 Å². The molecule has 7 heteroatoms. The Bertz CT molecular complexity index is 1130. The van der Waals surface area contributed by atoms with E-state index >= 15 is 0 Å². The molecule has 26 heavy (non-hydrogen) atoms. The standard InChI is InChI=1S/C19H16FN5O/c1-24-10-9-21-18(24)16-11-17(25(2)23-16)22-19(26)14-7-8-15(20)13-6-4-3-5-12(13)14/h3-11H,1-2H3,(H,22,26). The Morgan fingerprint density at radius 3 is 2.62 bits per heavy atom. The summed E-state index contributed by atoms with van der Waals surface area (Å²) >= 11 is 0. The number of aryl methyl sites for hydroxylation is 2. The Morgan fingerprint density at radius 1 is 1.12 bits per heavy atom. The van der Waals surface area contributed by atoms with Gasteiger partial charge in [0, 0.05) is 43.5 Å². The highest BCUT2D eigenvalue weighted by Gasteiger charge is 2.16. The van der Waals surface area contributed by atoms with Gasteiger partial charge in [0.2, 0.25) is 0 Å². The van der Waals surface area contributed by atoms with Crippen LogP contribution >= 0.6 is 0 Å². The van der Waals surface area contributed by atoms with Crippen LogP contribution in [0.4, 0.5) is 10.2 Å². The number of fused-ring (bicyclic) bond motifs is 1. The maximum absolute atomic E-state index is 14.0. The summed E-state index contributed by atoms with van der Waals surface area (Å²) in [6.45, 7) is 0. The maximum Gasteiger partial charge on any atom is 0.257 e. The van der Waals surface area contributed by atoms with Gasteiger partial charge in [-0.2, -0.15) is 5.10 Å². The lowest BCUT2D eigenvalue weighted by atomic mass is 10.0. The first kappa shape index (κ1) is 16.0. The highest BCUT2D eigenvalue weighted by Crippen LogP contribution is 2.24. The molecule has 0 saturated carbocycles. The SMILES string of the molecule is Cn1ccnc1-c1cc(NC(=O)c2ccc(F)c3ccccc23)n(C)n1. The fourth-order valence-corrected chi connectivity index (χ4v) is 2.95. The Balaban J connectivity index is 1.69. The zero-order valence-corrected chi connectivity index (χ0v) is 14.3. The highest BCUT2D eigenvalue weighted by atomic mass is 19.1. The third kappa shape index (κ3) is 2.63. The molecule has 130 valence electrons. The van der Waals surface area contributed by atoms with Gasteiger partial charge in [-0.05, 0) is 17.5 Å². The fourth-order valence-electron chi connectivity index (χ4n) is 2.95. The van der Waals surface area contributed by atoms with Crippen molar-refractivity contribution in [2.45, 2.75) is 0 Å². The largest absolute Gasteiger partial charge is 0.333 e. The lowest BCUT2D eigenvalue weighted by Gasteiger charge is -2.08. The number of nitrogens with one attached hydrogen (secondary N) is 1. The van der Waals surface area contributed by atoms with Gasteiger partial charge in [0.1, 0.15) is 17.3 Å². The van der Waals surface area contributed by atoms with E-state index in [1.165, 1.54) is 12.1 Å². The first-order valence-corrected chi connectivity index (χ1v) is 8.05. The van der Waals surface area contributed by atoms with Gasteiger partial charge < -0.3 is 9.88 Å². The average Bonchev–Trinajstić information content (AvgIpc) is 3.21. The molecule has 0 unspecified atom stereocenters. The monoisotopic (exact) mass is 349 g/mol. The molecule has 0 aliphatic heterocycles. The van der Waals surface area contributed by atoms with Crippen molar-refractivity contribution in [3.63, 3.8) is 0 Å². The van der Waals surface area contributed by atoms with Crippen LogP contribution in [0.15, 0.2) is 54.9 Å². The molecule has 0 spiro atoms. The third-order valence-corrected chi connectivity index (χ3v) is 4.29. The second kappa shape index (κ2) is 6.11. The Kier molecular flexibility index (Phi) is 3.76. The molecule has 1 N–H and O–H groups in total. The van der Waals surface area contributed by atoms with Crippen LogP contribution < -0.4 is 5.32 Å². The zero-order valence-electron chi connectivity index (χ0n) is 14.3. The molecular formula is C19H16FN5O. The quantitative estimate of drug-likeness (QED) is 0.617. The van der Waals surface area contributed by atoms with Gasteiger partial charge in [0.05, 0.1) is 0 Å². The summed E-state index contributed by atoms with van der Waals surface area (Å²) in [7, 11) is 3.62. The number of halogens is 1. The van der Waals surface area contributed by atoms with Crippen LogP contribution in [0.2, 0.25) is 0 Å². The maximum atomic E-state index is 14.0. The fraction of sp³-hybridized carbons (Fsp3) is 0.105. The van der Waals surface area contributed by atoms with Gasteiger partial charge in [-0.3, -0.25) is 9.48 Å². The number of imidazole rings is 1. The van der Waals surface area contributed by atoms with Crippen molar-refractivity contribution in [3.8, 4) is 11.5 Å². The number of carbonyl (C=O) groups excluding carboxylic acids is 1. The number of rotatable bonds is 3. The van der Waals surface area contributed by atoms with Gasteiger partial charge in [-0.1, -0.05) is 24.3 Å².